The van der Waals surface area contributed by atoms with E-state index in [0.29, 0.717) is 5.69 Å². The predicted octanol–water partition coefficient (Wildman–Crippen LogP) is 3.71. The van der Waals surface area contributed by atoms with E-state index in [9.17, 15) is 23.1 Å². The van der Waals surface area contributed by atoms with E-state index in [1.54, 1.807) is 0 Å². The van der Waals surface area contributed by atoms with Crippen LogP contribution in [0.2, 0.25) is 5.02 Å². The second-order valence-electron chi connectivity index (χ2n) is 6.05. The molecule has 7 nitrogen and oxygen atoms in total. The summed E-state index contributed by atoms with van der Waals surface area (Å²) in [5, 5.41) is 12.0. The van der Waals surface area contributed by atoms with E-state index >= 15 is 0 Å². The fraction of sp³-hybridized carbons (Fsp3) is 0. The Labute approximate surface area is 171 Å². The van der Waals surface area contributed by atoms with E-state index < -0.39 is 21.7 Å². The zero-order valence-electron chi connectivity index (χ0n) is 14.8. The first-order valence-corrected chi connectivity index (χ1v) is 10.1. The summed E-state index contributed by atoms with van der Waals surface area (Å²) in [7, 11) is -3.83. The lowest BCUT2D eigenvalue weighted by Gasteiger charge is -2.10. The average Bonchev–Trinajstić information content (AvgIpc) is 2.68. The van der Waals surface area contributed by atoms with Gasteiger partial charge >= 0.3 is 5.97 Å². The summed E-state index contributed by atoms with van der Waals surface area (Å²) in [5.74, 6) is -2.02. The normalized spacial score (nSPS) is 11.1. The Morgan fingerprint density at radius 2 is 1.59 bits per heavy atom. The van der Waals surface area contributed by atoms with E-state index in [2.05, 4.69) is 5.32 Å². The summed E-state index contributed by atoms with van der Waals surface area (Å²) in [6.07, 6.45) is 0. The van der Waals surface area contributed by atoms with Gasteiger partial charge in [-0.3, -0.25) is 4.79 Å². The number of aromatic carboxylic acids is 1. The molecule has 0 aliphatic rings. The number of carboxylic acid groups (broad SMARTS) is 1. The van der Waals surface area contributed by atoms with Gasteiger partial charge in [0.1, 0.15) is 0 Å². The smallest absolute Gasteiger partial charge is 0.336 e. The summed E-state index contributed by atoms with van der Waals surface area (Å²) < 4.78 is 25.6. The molecule has 0 aliphatic carbocycles. The van der Waals surface area contributed by atoms with Crippen LogP contribution in [0.1, 0.15) is 20.7 Å². The van der Waals surface area contributed by atoms with Crippen molar-refractivity contribution in [2.45, 2.75) is 9.79 Å². The molecule has 148 valence electrons. The van der Waals surface area contributed by atoms with Crippen LogP contribution in [0.4, 0.5) is 11.4 Å². The van der Waals surface area contributed by atoms with Crippen LogP contribution in [0.25, 0.3) is 0 Å². The number of rotatable bonds is 5. The van der Waals surface area contributed by atoms with E-state index in [0.717, 1.165) is 0 Å². The number of amides is 1. The van der Waals surface area contributed by atoms with Crippen LogP contribution < -0.4 is 11.1 Å². The van der Waals surface area contributed by atoms with Crippen molar-refractivity contribution >= 4 is 44.7 Å². The molecule has 0 unspecified atom stereocenters. The van der Waals surface area contributed by atoms with Gasteiger partial charge in [-0.1, -0.05) is 17.7 Å². The Balaban J connectivity index is 1.93. The molecule has 0 aliphatic heterocycles. The number of hydrogen-bond acceptors (Lipinski definition) is 5. The molecule has 0 saturated heterocycles. The minimum absolute atomic E-state index is 0.0374. The van der Waals surface area contributed by atoms with Gasteiger partial charge in [0.05, 0.1) is 20.9 Å². The third kappa shape index (κ3) is 4.39. The minimum atomic E-state index is -3.83. The second-order valence-corrected chi connectivity index (χ2v) is 8.44. The summed E-state index contributed by atoms with van der Waals surface area (Å²) >= 11 is 5.87. The zero-order valence-corrected chi connectivity index (χ0v) is 16.4. The number of nitrogen functional groups attached to an aromatic ring is 1. The summed E-state index contributed by atoms with van der Waals surface area (Å²) in [4.78, 5) is 23.9. The van der Waals surface area contributed by atoms with E-state index in [-0.39, 0.29) is 31.6 Å². The Morgan fingerprint density at radius 3 is 2.24 bits per heavy atom. The first-order valence-electron chi connectivity index (χ1n) is 8.23. The highest BCUT2D eigenvalue weighted by Crippen LogP contribution is 2.25. The minimum Gasteiger partial charge on any atom is -0.478 e. The van der Waals surface area contributed by atoms with Gasteiger partial charge in [0.25, 0.3) is 5.91 Å². The monoisotopic (exact) mass is 430 g/mol. The Kier molecular flexibility index (Phi) is 5.58. The van der Waals surface area contributed by atoms with E-state index in [4.69, 9.17) is 17.3 Å². The van der Waals surface area contributed by atoms with Gasteiger partial charge in [-0.25, -0.2) is 13.2 Å². The van der Waals surface area contributed by atoms with Gasteiger partial charge in [0.15, 0.2) is 0 Å². The van der Waals surface area contributed by atoms with Gasteiger partial charge in [-0.15, -0.1) is 0 Å². The van der Waals surface area contributed by atoms with Crippen molar-refractivity contribution in [1.29, 1.82) is 0 Å². The Morgan fingerprint density at radius 1 is 0.897 bits per heavy atom. The van der Waals surface area contributed by atoms with Crippen LogP contribution in [0.3, 0.4) is 0 Å². The summed E-state index contributed by atoms with van der Waals surface area (Å²) in [5.41, 5.74) is 5.84. The largest absolute Gasteiger partial charge is 0.478 e. The second kappa shape index (κ2) is 7.94. The molecular weight excluding hydrogens is 416 g/mol. The fourth-order valence-electron chi connectivity index (χ4n) is 2.61. The topological polar surface area (TPSA) is 127 Å². The lowest BCUT2D eigenvalue weighted by atomic mass is 10.1. The predicted molar refractivity (Wildman–Crippen MR) is 109 cm³/mol. The third-order valence-electron chi connectivity index (χ3n) is 4.05. The number of nitrogens with two attached hydrogens (primary N) is 1. The average molecular weight is 431 g/mol. The van der Waals surface area contributed by atoms with Gasteiger partial charge in [0.2, 0.25) is 9.84 Å². The quantitative estimate of drug-likeness (QED) is 0.529. The van der Waals surface area contributed by atoms with Gasteiger partial charge in [-0.2, -0.15) is 0 Å². The third-order valence-corrected chi connectivity index (χ3v) is 6.05. The standard InChI is InChI=1S/C20H15ClN2O5S/c21-12-4-9-17(20(25)26)18(10-12)19(24)23-14-2-1-3-16(11-14)29(27,28)15-7-5-13(22)6-8-15/h1-11H,22H2,(H,23,24)(H,25,26). The molecule has 3 aromatic carbocycles. The van der Waals surface area contributed by atoms with Crippen molar-refractivity contribution in [2.24, 2.45) is 0 Å². The molecule has 3 rings (SSSR count). The molecular formula is C20H15ClN2O5S. The van der Waals surface area contributed by atoms with Crippen molar-refractivity contribution in [1.82, 2.24) is 0 Å². The molecule has 0 atom stereocenters. The number of halogens is 1. The van der Waals surface area contributed by atoms with Crippen LogP contribution in [0.5, 0.6) is 0 Å². The number of carboxylic acids is 1. The first-order chi connectivity index (χ1) is 13.7. The van der Waals surface area contributed by atoms with Crippen LogP contribution in [-0.2, 0) is 9.84 Å². The molecule has 1 amide bonds. The number of benzene rings is 3. The van der Waals surface area contributed by atoms with E-state index in [1.165, 1.54) is 66.7 Å². The van der Waals surface area contributed by atoms with Crippen molar-refractivity contribution in [2.75, 3.05) is 11.1 Å². The van der Waals surface area contributed by atoms with Crippen LogP contribution >= 0.6 is 11.6 Å². The van der Waals surface area contributed by atoms with Crippen molar-refractivity contribution in [3.05, 3.63) is 82.9 Å². The van der Waals surface area contributed by atoms with Gasteiger partial charge < -0.3 is 16.2 Å². The molecule has 0 heterocycles. The molecule has 0 spiro atoms. The first kappa shape index (κ1) is 20.4. The van der Waals surface area contributed by atoms with Crippen molar-refractivity contribution in [3.63, 3.8) is 0 Å². The van der Waals surface area contributed by atoms with Crippen LogP contribution in [-0.4, -0.2) is 25.4 Å². The lowest BCUT2D eigenvalue weighted by Crippen LogP contribution is -2.16. The maximum Gasteiger partial charge on any atom is 0.336 e. The molecule has 3 aromatic rings. The maximum absolute atomic E-state index is 12.8. The number of carbonyl (C=O) groups excluding carboxylic acids is 1. The maximum atomic E-state index is 12.8. The highest BCUT2D eigenvalue weighted by Gasteiger charge is 2.20. The number of anilines is 2. The van der Waals surface area contributed by atoms with E-state index in [1.807, 2.05) is 0 Å². The van der Waals surface area contributed by atoms with Gasteiger partial charge in [0, 0.05) is 16.4 Å². The lowest BCUT2D eigenvalue weighted by molar-refractivity contribution is 0.0692. The molecule has 0 aromatic heterocycles. The molecule has 0 fully saturated rings. The van der Waals surface area contributed by atoms with Crippen molar-refractivity contribution in [3.8, 4) is 0 Å². The fourth-order valence-corrected chi connectivity index (χ4v) is 4.09. The summed E-state index contributed by atoms with van der Waals surface area (Å²) in [6, 6.07) is 15.2. The Hall–Kier alpha value is -3.36. The molecule has 0 bridgehead atoms. The molecule has 0 radical (unpaired) electrons. The van der Waals surface area contributed by atoms with Crippen molar-refractivity contribution < 1.29 is 23.1 Å². The number of nitrogens with one attached hydrogen (secondary N) is 1. The number of sulfone groups is 1. The highest BCUT2D eigenvalue weighted by atomic mass is 35.5. The highest BCUT2D eigenvalue weighted by molar-refractivity contribution is 7.91. The molecule has 9 heteroatoms. The Bertz CT molecular complexity index is 1210. The molecule has 4 N–H and O–H groups in total. The molecule has 0 saturated carbocycles. The number of hydrogen-bond donors (Lipinski definition) is 3. The summed E-state index contributed by atoms with van der Waals surface area (Å²) in [6.45, 7) is 0. The number of carbonyl (C=O) groups is 2. The van der Waals surface area contributed by atoms with Crippen LogP contribution in [0, 0.1) is 0 Å². The zero-order chi connectivity index (χ0) is 21.2. The SMILES string of the molecule is Nc1ccc(S(=O)(=O)c2cccc(NC(=O)c3cc(Cl)ccc3C(=O)O)c2)cc1. The van der Waals surface area contributed by atoms with Crippen LogP contribution in [0.15, 0.2) is 76.5 Å². The van der Waals surface area contributed by atoms with Gasteiger partial charge in [-0.05, 0) is 60.7 Å². The molecule has 29 heavy (non-hydrogen) atoms.